The van der Waals surface area contributed by atoms with Crippen molar-refractivity contribution >= 4 is 45.0 Å². The predicted molar refractivity (Wildman–Crippen MR) is 89.7 cm³/mol. The monoisotopic (exact) mass is 381 g/mol. The molecule has 0 radical (unpaired) electrons. The normalized spacial score (nSPS) is 9.91. The molecule has 0 spiro atoms. The zero-order chi connectivity index (χ0) is 15.9. The van der Waals surface area contributed by atoms with Crippen molar-refractivity contribution in [2.75, 3.05) is 11.9 Å². The Morgan fingerprint density at radius 1 is 1.00 bits per heavy atom. The van der Waals surface area contributed by atoms with Gasteiger partial charge in [0.1, 0.15) is 0 Å². The molecule has 0 unspecified atom stereocenters. The highest BCUT2D eigenvalue weighted by Gasteiger charge is 2.10. The molecule has 0 aliphatic rings. The third-order valence-corrected chi connectivity index (χ3v) is 3.77. The van der Waals surface area contributed by atoms with Gasteiger partial charge in [-0.3, -0.25) is 20.4 Å². The average Bonchev–Trinajstić information content (AvgIpc) is 2.52. The third kappa shape index (κ3) is 4.47. The Labute approximate surface area is 141 Å². The lowest BCUT2D eigenvalue weighted by atomic mass is 10.2. The molecule has 0 aliphatic heterocycles. The molecule has 114 valence electrons. The summed E-state index contributed by atoms with van der Waals surface area (Å²) in [6, 6.07) is 14.0. The fourth-order valence-corrected chi connectivity index (χ4v) is 2.33. The first kappa shape index (κ1) is 16.3. The van der Waals surface area contributed by atoms with Gasteiger partial charge in [-0.1, -0.05) is 35.9 Å². The molecule has 0 heterocycles. The first-order chi connectivity index (χ1) is 10.6. The van der Waals surface area contributed by atoms with Crippen LogP contribution in [0.5, 0.6) is 0 Å². The number of hydrazine groups is 1. The molecular formula is C15H13BrClN3O2. The van der Waals surface area contributed by atoms with Gasteiger partial charge in [-0.2, -0.15) is 0 Å². The maximum absolute atomic E-state index is 11.9. The second-order valence-electron chi connectivity index (χ2n) is 4.32. The lowest BCUT2D eigenvalue weighted by molar-refractivity contribution is -0.120. The van der Waals surface area contributed by atoms with E-state index in [1.807, 2.05) is 0 Å². The molecule has 7 heteroatoms. The van der Waals surface area contributed by atoms with Crippen LogP contribution in [0.25, 0.3) is 0 Å². The summed E-state index contributed by atoms with van der Waals surface area (Å²) in [4.78, 5) is 23.6. The highest BCUT2D eigenvalue weighted by atomic mass is 79.9. The van der Waals surface area contributed by atoms with E-state index in [0.717, 1.165) is 0 Å². The summed E-state index contributed by atoms with van der Waals surface area (Å²) in [6.45, 7) is -0.0139. The van der Waals surface area contributed by atoms with Gasteiger partial charge in [0.25, 0.3) is 11.8 Å². The van der Waals surface area contributed by atoms with Crippen molar-refractivity contribution in [1.82, 2.24) is 10.9 Å². The second-order valence-corrected chi connectivity index (χ2v) is 5.58. The summed E-state index contributed by atoms with van der Waals surface area (Å²) in [5.74, 6) is -0.793. The molecule has 3 N–H and O–H groups in total. The van der Waals surface area contributed by atoms with Gasteiger partial charge in [0.2, 0.25) is 0 Å². The van der Waals surface area contributed by atoms with Crippen LogP contribution in [0.1, 0.15) is 10.4 Å². The van der Waals surface area contributed by atoms with E-state index in [1.54, 1.807) is 48.5 Å². The summed E-state index contributed by atoms with van der Waals surface area (Å²) in [5.41, 5.74) is 5.76. The maximum atomic E-state index is 11.9. The van der Waals surface area contributed by atoms with Crippen LogP contribution in [0.3, 0.4) is 0 Å². The first-order valence-electron chi connectivity index (χ1n) is 6.40. The van der Waals surface area contributed by atoms with E-state index < -0.39 is 5.91 Å². The molecule has 2 rings (SSSR count). The standard InChI is InChI=1S/C15H13BrClN3O2/c16-11-6-2-1-5-10(11)15(22)20-19-14(21)9-18-13-8-4-3-7-12(13)17/h1-8,18H,9H2,(H,19,21)(H,20,22). The number of nitrogens with one attached hydrogen (secondary N) is 3. The summed E-state index contributed by atoms with van der Waals surface area (Å²) < 4.78 is 0.649. The molecule has 0 aliphatic carbocycles. The Hall–Kier alpha value is -2.05. The van der Waals surface area contributed by atoms with Crippen molar-refractivity contribution < 1.29 is 9.59 Å². The van der Waals surface area contributed by atoms with Crippen LogP contribution in [0, 0.1) is 0 Å². The lowest BCUT2D eigenvalue weighted by Gasteiger charge is -2.10. The van der Waals surface area contributed by atoms with Crippen LogP contribution in [0.4, 0.5) is 5.69 Å². The number of para-hydroxylation sites is 1. The zero-order valence-electron chi connectivity index (χ0n) is 11.4. The number of hydrogen-bond acceptors (Lipinski definition) is 3. The van der Waals surface area contributed by atoms with Crippen LogP contribution in [-0.2, 0) is 4.79 Å². The smallest absolute Gasteiger partial charge is 0.270 e. The Kier molecular flexibility index (Phi) is 5.80. The minimum Gasteiger partial charge on any atom is -0.375 e. The van der Waals surface area contributed by atoms with Gasteiger partial charge in [0.15, 0.2) is 0 Å². The Morgan fingerprint density at radius 2 is 1.68 bits per heavy atom. The number of halogens is 2. The Bertz CT molecular complexity index is 694. The maximum Gasteiger partial charge on any atom is 0.270 e. The molecule has 0 atom stereocenters. The van der Waals surface area contributed by atoms with E-state index in [-0.39, 0.29) is 12.5 Å². The van der Waals surface area contributed by atoms with Crippen molar-refractivity contribution in [3.05, 3.63) is 63.6 Å². The van der Waals surface area contributed by atoms with Crippen LogP contribution >= 0.6 is 27.5 Å². The number of benzene rings is 2. The van der Waals surface area contributed by atoms with Gasteiger partial charge >= 0.3 is 0 Å². The third-order valence-electron chi connectivity index (χ3n) is 2.75. The number of carbonyl (C=O) groups excluding carboxylic acids is 2. The second kappa shape index (κ2) is 7.82. The predicted octanol–water partition coefficient (Wildman–Crippen LogP) is 2.98. The highest BCUT2D eigenvalue weighted by molar-refractivity contribution is 9.10. The van der Waals surface area contributed by atoms with E-state index >= 15 is 0 Å². The van der Waals surface area contributed by atoms with Gasteiger partial charge in [-0.25, -0.2) is 0 Å². The summed E-state index contributed by atoms with van der Waals surface area (Å²) in [6.07, 6.45) is 0. The van der Waals surface area contributed by atoms with Crippen LogP contribution in [-0.4, -0.2) is 18.4 Å². The molecule has 0 saturated heterocycles. The molecule has 2 aromatic rings. The molecule has 22 heavy (non-hydrogen) atoms. The van der Waals surface area contributed by atoms with Crippen molar-refractivity contribution in [1.29, 1.82) is 0 Å². The fraction of sp³-hybridized carbons (Fsp3) is 0.0667. The van der Waals surface area contributed by atoms with E-state index in [9.17, 15) is 9.59 Å². The number of carbonyl (C=O) groups is 2. The quantitative estimate of drug-likeness (QED) is 0.712. The van der Waals surface area contributed by atoms with Gasteiger partial charge < -0.3 is 5.32 Å². The topological polar surface area (TPSA) is 70.2 Å². The van der Waals surface area contributed by atoms with Crippen LogP contribution in [0.15, 0.2) is 53.0 Å². The van der Waals surface area contributed by atoms with Gasteiger partial charge in [-0.15, -0.1) is 0 Å². The number of hydrogen-bond donors (Lipinski definition) is 3. The minimum atomic E-state index is -0.404. The van der Waals surface area contributed by atoms with E-state index in [0.29, 0.717) is 20.7 Å². The van der Waals surface area contributed by atoms with Gasteiger partial charge in [0, 0.05) is 4.47 Å². The van der Waals surface area contributed by atoms with Crippen LogP contribution in [0.2, 0.25) is 5.02 Å². The molecule has 5 nitrogen and oxygen atoms in total. The molecule has 0 fully saturated rings. The van der Waals surface area contributed by atoms with E-state index in [1.165, 1.54) is 0 Å². The van der Waals surface area contributed by atoms with Crippen molar-refractivity contribution in [2.45, 2.75) is 0 Å². The molecular weight excluding hydrogens is 370 g/mol. The molecule has 2 aromatic carbocycles. The molecule has 0 bridgehead atoms. The summed E-state index contributed by atoms with van der Waals surface area (Å²) >= 11 is 9.24. The zero-order valence-corrected chi connectivity index (χ0v) is 13.7. The molecule has 0 aromatic heterocycles. The Morgan fingerprint density at radius 3 is 2.41 bits per heavy atom. The van der Waals surface area contributed by atoms with Crippen molar-refractivity contribution in [2.24, 2.45) is 0 Å². The van der Waals surface area contributed by atoms with Crippen molar-refractivity contribution in [3.63, 3.8) is 0 Å². The van der Waals surface area contributed by atoms with E-state index in [4.69, 9.17) is 11.6 Å². The SMILES string of the molecule is O=C(CNc1ccccc1Cl)NNC(=O)c1ccccc1Br. The average molecular weight is 383 g/mol. The van der Waals surface area contributed by atoms with Gasteiger partial charge in [-0.05, 0) is 40.2 Å². The number of amides is 2. The molecule has 0 saturated carbocycles. The number of rotatable bonds is 4. The van der Waals surface area contributed by atoms with E-state index in [2.05, 4.69) is 32.1 Å². The number of anilines is 1. The van der Waals surface area contributed by atoms with Crippen molar-refractivity contribution in [3.8, 4) is 0 Å². The highest BCUT2D eigenvalue weighted by Crippen LogP contribution is 2.19. The summed E-state index contributed by atoms with van der Waals surface area (Å²) in [7, 11) is 0. The lowest BCUT2D eigenvalue weighted by Crippen LogP contribution is -2.44. The largest absolute Gasteiger partial charge is 0.375 e. The fourth-order valence-electron chi connectivity index (χ4n) is 1.66. The van der Waals surface area contributed by atoms with Crippen LogP contribution < -0.4 is 16.2 Å². The molecule has 2 amide bonds. The van der Waals surface area contributed by atoms with Gasteiger partial charge in [0.05, 0.1) is 22.8 Å². The summed E-state index contributed by atoms with van der Waals surface area (Å²) in [5, 5.41) is 3.40. The Balaban J connectivity index is 1.82. The first-order valence-corrected chi connectivity index (χ1v) is 7.57. The minimum absolute atomic E-state index is 0.0139.